The molecule has 26 heavy (non-hydrogen) atoms. The molecule has 1 unspecified atom stereocenters. The Hall–Kier alpha value is -1.17. The molecule has 5 heteroatoms. The van der Waals surface area contributed by atoms with Crippen molar-refractivity contribution in [1.82, 2.24) is 0 Å². The predicted molar refractivity (Wildman–Crippen MR) is 103 cm³/mol. The van der Waals surface area contributed by atoms with E-state index in [0.717, 1.165) is 19.3 Å². The van der Waals surface area contributed by atoms with E-state index in [0.29, 0.717) is 32.1 Å². The van der Waals surface area contributed by atoms with Gasteiger partial charge in [-0.25, -0.2) is 0 Å². The number of hydrogen-bond donors (Lipinski definition) is 4. The number of aliphatic hydroxyl groups excluding tert-OH is 2. The van der Waals surface area contributed by atoms with Crippen LogP contribution < -0.4 is 0 Å². The third kappa shape index (κ3) is 8.47. The number of hydrogen-bond acceptors (Lipinski definition) is 4. The molecule has 0 heterocycles. The molecule has 5 nitrogen and oxygen atoms in total. The van der Waals surface area contributed by atoms with Crippen molar-refractivity contribution in [3.05, 3.63) is 24.3 Å². The lowest BCUT2D eigenvalue weighted by molar-refractivity contribution is -0.137. The van der Waals surface area contributed by atoms with Crippen LogP contribution in [-0.4, -0.2) is 44.2 Å². The average molecular weight is 369 g/mol. The summed E-state index contributed by atoms with van der Waals surface area (Å²) in [4.78, 5) is 10.5. The zero-order valence-electron chi connectivity index (χ0n) is 16.2. The Morgan fingerprint density at radius 1 is 1.15 bits per heavy atom. The van der Waals surface area contributed by atoms with Crippen molar-refractivity contribution in [3.63, 3.8) is 0 Å². The van der Waals surface area contributed by atoms with Crippen molar-refractivity contribution >= 4 is 5.97 Å². The van der Waals surface area contributed by atoms with Crippen LogP contribution in [0.15, 0.2) is 24.3 Å². The lowest BCUT2D eigenvalue weighted by atomic mass is 9.88. The first-order valence-electron chi connectivity index (χ1n) is 9.91. The van der Waals surface area contributed by atoms with Gasteiger partial charge in [-0.3, -0.25) is 4.79 Å². The molecule has 1 aliphatic carbocycles. The van der Waals surface area contributed by atoms with Crippen molar-refractivity contribution in [2.45, 2.75) is 89.4 Å². The number of unbranched alkanes of at least 4 members (excludes halogenated alkanes) is 3. The number of rotatable bonds is 12. The van der Waals surface area contributed by atoms with Gasteiger partial charge in [-0.05, 0) is 38.5 Å². The Morgan fingerprint density at radius 2 is 1.88 bits per heavy atom. The van der Waals surface area contributed by atoms with Gasteiger partial charge in [0.2, 0.25) is 0 Å². The molecule has 5 atom stereocenters. The summed E-state index contributed by atoms with van der Waals surface area (Å²) in [7, 11) is 0. The molecule has 0 saturated heterocycles. The van der Waals surface area contributed by atoms with Crippen molar-refractivity contribution in [1.29, 1.82) is 0 Å². The first-order chi connectivity index (χ1) is 12.3. The smallest absolute Gasteiger partial charge is 0.303 e. The molecule has 150 valence electrons. The van der Waals surface area contributed by atoms with Crippen LogP contribution in [0.4, 0.5) is 0 Å². The van der Waals surface area contributed by atoms with E-state index in [9.17, 15) is 20.1 Å². The molecule has 0 aromatic carbocycles. The summed E-state index contributed by atoms with van der Waals surface area (Å²) in [6, 6.07) is 0. The first-order valence-corrected chi connectivity index (χ1v) is 9.91. The Bertz CT molecular complexity index is 469. The molecule has 0 aromatic heterocycles. The standard InChI is InChI=1S/C21H36O5/c1-3-4-9-13-21(2,26)14-12-17-16(18(22)15-19(17)23)10-7-5-6-8-11-20(24)25/h5,7,12,14,16-19,22-23,26H,3-4,6,8-11,13,15H2,1-2H3,(H,24,25)/b7-5+,14-12+/t16-,17?,18+,19-,21-/m0/s1. The van der Waals surface area contributed by atoms with Gasteiger partial charge >= 0.3 is 5.97 Å². The van der Waals surface area contributed by atoms with E-state index >= 15 is 0 Å². The molecule has 4 N–H and O–H groups in total. The molecule has 1 fully saturated rings. The Balaban J connectivity index is 2.56. The summed E-state index contributed by atoms with van der Waals surface area (Å²) in [6.45, 7) is 3.91. The van der Waals surface area contributed by atoms with Gasteiger partial charge in [-0.15, -0.1) is 0 Å². The number of carboxylic acids is 1. The van der Waals surface area contributed by atoms with Crippen LogP contribution in [0, 0.1) is 11.8 Å². The van der Waals surface area contributed by atoms with Gasteiger partial charge in [0.15, 0.2) is 0 Å². The molecule has 1 rings (SSSR count). The second kappa shape index (κ2) is 11.5. The lowest BCUT2D eigenvalue weighted by Crippen LogP contribution is -2.24. The lowest BCUT2D eigenvalue weighted by Gasteiger charge is -2.23. The van der Waals surface area contributed by atoms with Crippen molar-refractivity contribution in [3.8, 4) is 0 Å². The molecule has 0 amide bonds. The zero-order chi connectivity index (χ0) is 19.6. The van der Waals surface area contributed by atoms with E-state index < -0.39 is 23.8 Å². The highest BCUT2D eigenvalue weighted by Gasteiger charge is 2.39. The largest absolute Gasteiger partial charge is 0.481 e. The fraction of sp³-hybridized carbons (Fsp3) is 0.762. The highest BCUT2D eigenvalue weighted by atomic mass is 16.4. The normalized spacial score (nSPS) is 28.8. The Morgan fingerprint density at radius 3 is 2.54 bits per heavy atom. The topological polar surface area (TPSA) is 98.0 Å². The summed E-state index contributed by atoms with van der Waals surface area (Å²) in [5.41, 5.74) is -0.889. The quantitative estimate of drug-likeness (QED) is 0.312. The van der Waals surface area contributed by atoms with Gasteiger partial charge in [0.1, 0.15) is 0 Å². The number of aliphatic carboxylic acids is 1. The van der Waals surface area contributed by atoms with Crippen LogP contribution in [0.5, 0.6) is 0 Å². The van der Waals surface area contributed by atoms with Crippen molar-refractivity contribution in [2.24, 2.45) is 11.8 Å². The Labute approximate surface area is 157 Å². The van der Waals surface area contributed by atoms with Crippen LogP contribution in [0.25, 0.3) is 0 Å². The Kier molecular flexibility index (Phi) is 10.1. The van der Waals surface area contributed by atoms with Gasteiger partial charge in [0, 0.05) is 18.8 Å². The number of carboxylic acid groups (broad SMARTS) is 1. The van der Waals surface area contributed by atoms with Gasteiger partial charge in [0.25, 0.3) is 0 Å². The molecule has 0 spiro atoms. The molecule has 0 aromatic rings. The van der Waals surface area contributed by atoms with Crippen LogP contribution in [0.2, 0.25) is 0 Å². The van der Waals surface area contributed by atoms with Crippen LogP contribution in [-0.2, 0) is 4.79 Å². The summed E-state index contributed by atoms with van der Waals surface area (Å²) < 4.78 is 0. The van der Waals surface area contributed by atoms with E-state index in [1.54, 1.807) is 13.0 Å². The number of allylic oxidation sites excluding steroid dienone is 2. The van der Waals surface area contributed by atoms with Gasteiger partial charge in [-0.2, -0.15) is 0 Å². The zero-order valence-corrected chi connectivity index (χ0v) is 16.2. The van der Waals surface area contributed by atoms with Crippen LogP contribution >= 0.6 is 0 Å². The minimum absolute atomic E-state index is 0.0802. The van der Waals surface area contributed by atoms with Crippen molar-refractivity contribution in [2.75, 3.05) is 0 Å². The van der Waals surface area contributed by atoms with E-state index in [1.807, 2.05) is 18.2 Å². The summed E-state index contributed by atoms with van der Waals surface area (Å²) in [6.07, 6.45) is 12.7. The maximum absolute atomic E-state index is 10.5. The molecule has 0 radical (unpaired) electrons. The average Bonchev–Trinajstić information content (AvgIpc) is 2.82. The second-order valence-corrected chi connectivity index (χ2v) is 7.78. The minimum Gasteiger partial charge on any atom is -0.481 e. The van der Waals surface area contributed by atoms with E-state index in [2.05, 4.69) is 6.92 Å². The maximum Gasteiger partial charge on any atom is 0.303 e. The van der Waals surface area contributed by atoms with E-state index in [-0.39, 0.29) is 18.3 Å². The molecular weight excluding hydrogens is 332 g/mol. The third-order valence-electron chi connectivity index (χ3n) is 5.22. The molecule has 0 aliphatic heterocycles. The van der Waals surface area contributed by atoms with Gasteiger partial charge in [0.05, 0.1) is 17.8 Å². The molecule has 1 aliphatic rings. The SMILES string of the molecule is CCCCC[C@](C)(O)/C=C/C1[C@@H](O)C[C@@H](O)[C@H]1C/C=C/CCCC(=O)O. The summed E-state index contributed by atoms with van der Waals surface area (Å²) >= 11 is 0. The van der Waals surface area contributed by atoms with Gasteiger partial charge in [-0.1, -0.05) is 50.5 Å². The fourth-order valence-electron chi connectivity index (χ4n) is 3.58. The number of aliphatic hydroxyl groups is 3. The second-order valence-electron chi connectivity index (χ2n) is 7.78. The summed E-state index contributed by atoms with van der Waals surface area (Å²) in [5, 5.41) is 39.6. The van der Waals surface area contributed by atoms with E-state index in [1.165, 1.54) is 0 Å². The molecule has 1 saturated carbocycles. The predicted octanol–water partition coefficient (Wildman–Crippen LogP) is 3.43. The first kappa shape index (κ1) is 22.9. The fourth-order valence-corrected chi connectivity index (χ4v) is 3.58. The molecule has 0 bridgehead atoms. The third-order valence-corrected chi connectivity index (χ3v) is 5.22. The summed E-state index contributed by atoms with van der Waals surface area (Å²) in [5.74, 6) is -1.04. The minimum atomic E-state index is -0.889. The highest BCUT2D eigenvalue weighted by Crippen LogP contribution is 2.37. The monoisotopic (exact) mass is 368 g/mol. The molecular formula is C21H36O5. The van der Waals surface area contributed by atoms with Crippen LogP contribution in [0.1, 0.15) is 71.6 Å². The van der Waals surface area contributed by atoms with E-state index in [4.69, 9.17) is 5.11 Å². The van der Waals surface area contributed by atoms with Crippen molar-refractivity contribution < 1.29 is 25.2 Å². The van der Waals surface area contributed by atoms with Gasteiger partial charge < -0.3 is 20.4 Å². The highest BCUT2D eigenvalue weighted by molar-refractivity contribution is 5.66. The number of carbonyl (C=O) groups is 1. The maximum atomic E-state index is 10.5. The van der Waals surface area contributed by atoms with Crippen LogP contribution in [0.3, 0.4) is 0 Å².